The van der Waals surface area contributed by atoms with E-state index >= 15 is 0 Å². The molecule has 0 saturated carbocycles. The lowest BCUT2D eigenvalue weighted by molar-refractivity contribution is 0.758. The Morgan fingerprint density at radius 3 is 2.81 bits per heavy atom. The Morgan fingerprint density at radius 2 is 2.31 bits per heavy atom. The van der Waals surface area contributed by atoms with Gasteiger partial charge in [-0.3, -0.25) is 4.68 Å². The van der Waals surface area contributed by atoms with Gasteiger partial charge in [0.05, 0.1) is 21.7 Å². The minimum Gasteiger partial charge on any atom is -0.394 e. The average Bonchev–Trinajstić information content (AvgIpc) is 2.72. The van der Waals surface area contributed by atoms with Crippen molar-refractivity contribution in [2.75, 3.05) is 11.1 Å². The maximum Gasteiger partial charge on any atom is 0.148 e. The summed E-state index contributed by atoms with van der Waals surface area (Å²) < 4.78 is 2.91. The molecule has 16 heavy (non-hydrogen) atoms. The monoisotopic (exact) mass is 300 g/mol. The second-order valence-electron chi connectivity index (χ2n) is 3.53. The number of hydrogen-bond acceptors (Lipinski definition) is 4. The lowest BCUT2D eigenvalue weighted by atomic mass is 10.4. The van der Waals surface area contributed by atoms with E-state index in [2.05, 4.69) is 32.4 Å². The highest BCUT2D eigenvalue weighted by Gasteiger charge is 2.09. The van der Waals surface area contributed by atoms with E-state index in [-0.39, 0.29) is 0 Å². The van der Waals surface area contributed by atoms with Crippen LogP contribution in [0.25, 0.3) is 0 Å². The quantitative estimate of drug-likeness (QED) is 0.916. The third-order valence-corrected chi connectivity index (χ3v) is 3.95. The minimum absolute atomic E-state index is 0.720. The number of halogens is 1. The van der Waals surface area contributed by atoms with Crippen LogP contribution in [0.1, 0.15) is 10.6 Å². The van der Waals surface area contributed by atoms with Gasteiger partial charge >= 0.3 is 0 Å². The van der Waals surface area contributed by atoms with E-state index in [4.69, 9.17) is 5.73 Å². The normalized spacial score (nSPS) is 10.7. The Balaban J connectivity index is 2.10. The summed E-state index contributed by atoms with van der Waals surface area (Å²) in [4.78, 5) is 1.25. The first-order chi connectivity index (χ1) is 7.58. The highest BCUT2D eigenvalue weighted by Crippen LogP contribution is 2.25. The molecule has 0 amide bonds. The van der Waals surface area contributed by atoms with Gasteiger partial charge in [-0.25, -0.2) is 0 Å². The summed E-state index contributed by atoms with van der Waals surface area (Å²) in [5, 5.41) is 7.55. The van der Waals surface area contributed by atoms with E-state index in [1.165, 1.54) is 4.88 Å². The van der Waals surface area contributed by atoms with Gasteiger partial charge in [0.1, 0.15) is 5.82 Å². The summed E-state index contributed by atoms with van der Waals surface area (Å²) >= 11 is 5.15. The van der Waals surface area contributed by atoms with Crippen LogP contribution in [-0.2, 0) is 13.6 Å². The Labute approximate surface area is 107 Å². The number of thiophene rings is 1. The maximum absolute atomic E-state index is 5.92. The summed E-state index contributed by atoms with van der Waals surface area (Å²) in [5.74, 6) is 0.877. The van der Waals surface area contributed by atoms with Crippen LogP contribution in [0, 0.1) is 6.92 Å². The molecule has 0 aliphatic carbocycles. The predicted molar refractivity (Wildman–Crippen MR) is 71.7 cm³/mol. The molecule has 2 aromatic heterocycles. The number of hydrogen-bond donors (Lipinski definition) is 2. The Hall–Kier alpha value is -1.01. The number of nitrogens with one attached hydrogen (secondary N) is 1. The number of nitrogen functional groups attached to an aromatic ring is 1. The fraction of sp³-hybridized carbons (Fsp3) is 0.300. The minimum atomic E-state index is 0.720. The van der Waals surface area contributed by atoms with Gasteiger partial charge in [0.25, 0.3) is 0 Å². The van der Waals surface area contributed by atoms with E-state index in [0.29, 0.717) is 0 Å². The van der Waals surface area contributed by atoms with Crippen molar-refractivity contribution < 1.29 is 0 Å². The first kappa shape index (κ1) is 11.5. The topological polar surface area (TPSA) is 55.9 Å². The average molecular weight is 301 g/mol. The molecule has 0 unspecified atom stereocenters. The molecular formula is C10H13BrN4S. The molecule has 2 aromatic rings. The van der Waals surface area contributed by atoms with Crippen molar-refractivity contribution >= 4 is 38.8 Å². The van der Waals surface area contributed by atoms with Crippen molar-refractivity contribution in [3.8, 4) is 0 Å². The molecule has 4 nitrogen and oxygen atoms in total. The van der Waals surface area contributed by atoms with E-state index in [1.54, 1.807) is 16.0 Å². The molecule has 2 heterocycles. The molecule has 2 rings (SSSR count). The summed E-state index contributed by atoms with van der Waals surface area (Å²) in [6.45, 7) is 2.67. The molecule has 0 atom stereocenters. The van der Waals surface area contributed by atoms with Gasteiger partial charge in [-0.1, -0.05) is 0 Å². The zero-order valence-electron chi connectivity index (χ0n) is 9.12. The van der Waals surface area contributed by atoms with Gasteiger partial charge in [0.15, 0.2) is 0 Å². The molecule has 6 heteroatoms. The Morgan fingerprint density at radius 1 is 1.56 bits per heavy atom. The second-order valence-corrected chi connectivity index (χ2v) is 6.08. The van der Waals surface area contributed by atoms with Crippen molar-refractivity contribution in [3.05, 3.63) is 26.5 Å². The number of anilines is 2. The third-order valence-electron chi connectivity index (χ3n) is 2.33. The Kier molecular flexibility index (Phi) is 3.20. The largest absolute Gasteiger partial charge is 0.394 e. The zero-order valence-corrected chi connectivity index (χ0v) is 11.5. The smallest absolute Gasteiger partial charge is 0.148 e. The molecule has 0 saturated heterocycles. The molecular weight excluding hydrogens is 288 g/mol. The number of rotatable bonds is 3. The third kappa shape index (κ3) is 2.22. The summed E-state index contributed by atoms with van der Waals surface area (Å²) in [5.41, 5.74) is 7.50. The molecule has 0 radical (unpaired) electrons. The van der Waals surface area contributed by atoms with Gasteiger partial charge in [-0.2, -0.15) is 5.10 Å². The number of nitrogens with two attached hydrogens (primary N) is 1. The highest BCUT2D eigenvalue weighted by atomic mass is 79.9. The van der Waals surface area contributed by atoms with Crippen LogP contribution in [0.15, 0.2) is 15.9 Å². The Bertz CT molecular complexity index is 503. The standard InChI is InChI=1S/C10H13BrN4S/c1-6-9(12)10(15(2)14-6)13-5-7-3-4-8(11)16-7/h3-4,13H,5,12H2,1-2H3. The molecule has 0 spiro atoms. The van der Waals surface area contributed by atoms with Crippen LogP contribution >= 0.6 is 27.3 Å². The van der Waals surface area contributed by atoms with Crippen LogP contribution in [0.3, 0.4) is 0 Å². The van der Waals surface area contributed by atoms with Gasteiger partial charge in [0, 0.05) is 11.9 Å². The summed E-state index contributed by atoms with van der Waals surface area (Å²) in [6.07, 6.45) is 0. The number of aryl methyl sites for hydroxylation is 2. The van der Waals surface area contributed by atoms with Crippen molar-refractivity contribution in [2.45, 2.75) is 13.5 Å². The van der Waals surface area contributed by atoms with Crippen LogP contribution < -0.4 is 11.1 Å². The molecule has 0 bridgehead atoms. The molecule has 86 valence electrons. The van der Waals surface area contributed by atoms with Gasteiger partial charge in [-0.05, 0) is 35.0 Å². The molecule has 0 fully saturated rings. The summed E-state index contributed by atoms with van der Waals surface area (Å²) in [7, 11) is 1.88. The fourth-order valence-electron chi connectivity index (χ4n) is 1.50. The van der Waals surface area contributed by atoms with Crippen molar-refractivity contribution in [1.82, 2.24) is 9.78 Å². The van der Waals surface area contributed by atoms with Crippen LogP contribution in [0.2, 0.25) is 0 Å². The molecule has 0 aromatic carbocycles. The van der Waals surface area contributed by atoms with Crippen LogP contribution in [0.5, 0.6) is 0 Å². The zero-order chi connectivity index (χ0) is 11.7. The van der Waals surface area contributed by atoms with E-state index in [9.17, 15) is 0 Å². The van der Waals surface area contributed by atoms with E-state index < -0.39 is 0 Å². The van der Waals surface area contributed by atoms with Gasteiger partial charge in [-0.15, -0.1) is 11.3 Å². The van der Waals surface area contributed by atoms with E-state index in [1.807, 2.05) is 20.0 Å². The predicted octanol–water partition coefficient (Wildman–Crippen LogP) is 2.75. The first-order valence-corrected chi connectivity index (χ1v) is 6.46. The highest BCUT2D eigenvalue weighted by molar-refractivity contribution is 9.11. The first-order valence-electron chi connectivity index (χ1n) is 4.85. The van der Waals surface area contributed by atoms with Crippen LogP contribution in [0.4, 0.5) is 11.5 Å². The van der Waals surface area contributed by atoms with Crippen molar-refractivity contribution in [1.29, 1.82) is 0 Å². The number of nitrogens with zero attached hydrogens (tertiary/aromatic N) is 2. The molecule has 3 N–H and O–H groups in total. The second kappa shape index (κ2) is 4.47. The van der Waals surface area contributed by atoms with Crippen LogP contribution in [-0.4, -0.2) is 9.78 Å². The maximum atomic E-state index is 5.92. The number of aromatic nitrogens is 2. The van der Waals surface area contributed by atoms with Crippen molar-refractivity contribution in [2.24, 2.45) is 7.05 Å². The fourth-order valence-corrected chi connectivity index (χ4v) is 2.92. The molecule has 0 aliphatic heterocycles. The molecule has 0 aliphatic rings. The van der Waals surface area contributed by atoms with Gasteiger partial charge < -0.3 is 11.1 Å². The lowest BCUT2D eigenvalue weighted by Gasteiger charge is -2.05. The lowest BCUT2D eigenvalue weighted by Crippen LogP contribution is -2.05. The van der Waals surface area contributed by atoms with E-state index in [0.717, 1.165) is 27.5 Å². The van der Waals surface area contributed by atoms with Gasteiger partial charge in [0.2, 0.25) is 0 Å². The summed E-state index contributed by atoms with van der Waals surface area (Å²) in [6, 6.07) is 4.13. The van der Waals surface area contributed by atoms with Crippen molar-refractivity contribution in [3.63, 3.8) is 0 Å². The SMILES string of the molecule is Cc1nn(C)c(NCc2ccc(Br)s2)c1N.